The molecule has 0 amide bonds. The van der Waals surface area contributed by atoms with Crippen molar-refractivity contribution >= 4 is 11.3 Å². The molecule has 68 valence electrons. The van der Waals surface area contributed by atoms with Gasteiger partial charge in [0.15, 0.2) is 0 Å². The summed E-state index contributed by atoms with van der Waals surface area (Å²) in [7, 11) is 1.70. The zero-order valence-corrected chi connectivity index (χ0v) is 8.65. The first kappa shape index (κ1) is 9.68. The topological polar surface area (TPSA) is 22.1 Å². The van der Waals surface area contributed by atoms with E-state index in [0.29, 0.717) is 12.5 Å². The summed E-state index contributed by atoms with van der Waals surface area (Å²) in [6.45, 7) is 5.05. The summed E-state index contributed by atoms with van der Waals surface area (Å²) in [6.07, 6.45) is 1.07. The summed E-state index contributed by atoms with van der Waals surface area (Å²) >= 11 is 1.68. The minimum Gasteiger partial charge on any atom is -0.378 e. The van der Waals surface area contributed by atoms with Gasteiger partial charge in [-0.05, 0) is 12.3 Å². The highest BCUT2D eigenvalue weighted by Crippen LogP contribution is 2.13. The van der Waals surface area contributed by atoms with E-state index in [1.165, 1.54) is 5.69 Å². The van der Waals surface area contributed by atoms with E-state index in [4.69, 9.17) is 4.74 Å². The van der Waals surface area contributed by atoms with Crippen LogP contribution in [-0.2, 0) is 17.8 Å². The average molecular weight is 185 g/mol. The van der Waals surface area contributed by atoms with Gasteiger partial charge in [0.2, 0.25) is 0 Å². The van der Waals surface area contributed by atoms with Crippen LogP contribution < -0.4 is 0 Å². The SMILES string of the molecule is COCc1nc(CC(C)C)cs1. The Morgan fingerprint density at radius 3 is 2.92 bits per heavy atom. The number of hydrogen-bond acceptors (Lipinski definition) is 3. The Morgan fingerprint density at radius 2 is 2.33 bits per heavy atom. The van der Waals surface area contributed by atoms with Crippen LogP contribution in [0.4, 0.5) is 0 Å². The predicted molar refractivity (Wildman–Crippen MR) is 51.4 cm³/mol. The molecule has 0 unspecified atom stereocenters. The van der Waals surface area contributed by atoms with E-state index in [-0.39, 0.29) is 0 Å². The minimum atomic E-state index is 0.642. The van der Waals surface area contributed by atoms with Crippen LogP contribution in [0.25, 0.3) is 0 Å². The molecule has 12 heavy (non-hydrogen) atoms. The van der Waals surface area contributed by atoms with Gasteiger partial charge in [0.05, 0.1) is 12.3 Å². The Morgan fingerprint density at radius 1 is 1.58 bits per heavy atom. The number of ether oxygens (including phenoxy) is 1. The van der Waals surface area contributed by atoms with Crippen LogP contribution >= 0.6 is 11.3 Å². The van der Waals surface area contributed by atoms with Crippen LogP contribution in [0, 0.1) is 5.92 Å². The highest BCUT2D eigenvalue weighted by Gasteiger charge is 2.03. The Kier molecular flexibility index (Phi) is 3.69. The van der Waals surface area contributed by atoms with Crippen LogP contribution in [0.1, 0.15) is 24.5 Å². The van der Waals surface area contributed by atoms with Crippen molar-refractivity contribution in [2.75, 3.05) is 7.11 Å². The molecule has 0 aliphatic rings. The monoisotopic (exact) mass is 185 g/mol. The lowest BCUT2D eigenvalue weighted by molar-refractivity contribution is 0.184. The maximum atomic E-state index is 4.99. The molecule has 0 saturated carbocycles. The predicted octanol–water partition coefficient (Wildman–Crippen LogP) is 2.49. The minimum absolute atomic E-state index is 0.642. The van der Waals surface area contributed by atoms with Gasteiger partial charge in [0.1, 0.15) is 5.01 Å². The molecule has 1 aromatic heterocycles. The highest BCUT2D eigenvalue weighted by molar-refractivity contribution is 7.09. The molecular weight excluding hydrogens is 170 g/mol. The van der Waals surface area contributed by atoms with E-state index in [1.54, 1.807) is 18.4 Å². The van der Waals surface area contributed by atoms with Gasteiger partial charge in [-0.15, -0.1) is 11.3 Å². The molecule has 0 atom stereocenters. The number of rotatable bonds is 4. The van der Waals surface area contributed by atoms with Crippen molar-refractivity contribution in [1.82, 2.24) is 4.98 Å². The van der Waals surface area contributed by atoms with E-state index in [1.807, 2.05) is 0 Å². The molecule has 1 heterocycles. The quantitative estimate of drug-likeness (QED) is 0.719. The van der Waals surface area contributed by atoms with Gasteiger partial charge in [-0.3, -0.25) is 0 Å². The summed E-state index contributed by atoms with van der Waals surface area (Å²) < 4.78 is 4.99. The number of aromatic nitrogens is 1. The van der Waals surface area contributed by atoms with E-state index >= 15 is 0 Å². The van der Waals surface area contributed by atoms with Gasteiger partial charge >= 0.3 is 0 Å². The molecular formula is C9H15NOS. The first-order valence-electron chi connectivity index (χ1n) is 4.14. The van der Waals surface area contributed by atoms with Crippen molar-refractivity contribution in [3.8, 4) is 0 Å². The second-order valence-corrected chi connectivity index (χ2v) is 4.21. The van der Waals surface area contributed by atoms with Crippen LogP contribution in [0.2, 0.25) is 0 Å². The van der Waals surface area contributed by atoms with Crippen molar-refractivity contribution in [3.63, 3.8) is 0 Å². The Bertz CT molecular complexity index is 232. The summed E-state index contributed by atoms with van der Waals surface area (Å²) in [5, 5.41) is 3.20. The number of nitrogens with zero attached hydrogens (tertiary/aromatic N) is 1. The first-order valence-corrected chi connectivity index (χ1v) is 5.02. The standard InChI is InChI=1S/C9H15NOS/c1-7(2)4-8-6-12-9(10-8)5-11-3/h6-7H,4-5H2,1-3H3. The Hall–Kier alpha value is -0.410. The summed E-state index contributed by atoms with van der Waals surface area (Å²) in [4.78, 5) is 4.43. The zero-order chi connectivity index (χ0) is 8.97. The van der Waals surface area contributed by atoms with Crippen molar-refractivity contribution in [1.29, 1.82) is 0 Å². The summed E-state index contributed by atoms with van der Waals surface area (Å²) in [6, 6.07) is 0. The maximum absolute atomic E-state index is 4.99. The zero-order valence-electron chi connectivity index (χ0n) is 7.83. The first-order chi connectivity index (χ1) is 5.72. The molecule has 0 radical (unpaired) electrons. The Labute approximate surface area is 77.6 Å². The van der Waals surface area contributed by atoms with Gasteiger partial charge in [-0.1, -0.05) is 13.8 Å². The molecule has 3 heteroatoms. The lowest BCUT2D eigenvalue weighted by Crippen LogP contribution is -1.95. The van der Waals surface area contributed by atoms with Crippen molar-refractivity contribution in [2.24, 2.45) is 5.92 Å². The van der Waals surface area contributed by atoms with E-state index in [2.05, 4.69) is 24.2 Å². The molecule has 0 aliphatic carbocycles. The van der Waals surface area contributed by atoms with Crippen LogP contribution in [0.15, 0.2) is 5.38 Å². The average Bonchev–Trinajstić information content (AvgIpc) is 2.36. The van der Waals surface area contributed by atoms with Gasteiger partial charge in [-0.25, -0.2) is 4.98 Å². The fourth-order valence-electron chi connectivity index (χ4n) is 1.05. The third-order valence-electron chi connectivity index (χ3n) is 1.48. The fraction of sp³-hybridized carbons (Fsp3) is 0.667. The lowest BCUT2D eigenvalue weighted by Gasteiger charge is -1.98. The highest BCUT2D eigenvalue weighted by atomic mass is 32.1. The maximum Gasteiger partial charge on any atom is 0.119 e. The molecule has 2 nitrogen and oxygen atoms in total. The van der Waals surface area contributed by atoms with E-state index in [9.17, 15) is 0 Å². The third-order valence-corrected chi connectivity index (χ3v) is 2.36. The molecule has 0 spiro atoms. The van der Waals surface area contributed by atoms with Crippen molar-refractivity contribution in [3.05, 3.63) is 16.1 Å². The van der Waals surface area contributed by atoms with Crippen LogP contribution in [0.5, 0.6) is 0 Å². The third kappa shape index (κ3) is 2.91. The molecule has 0 fully saturated rings. The van der Waals surface area contributed by atoms with Gasteiger partial charge in [0.25, 0.3) is 0 Å². The molecule has 0 aromatic carbocycles. The smallest absolute Gasteiger partial charge is 0.119 e. The number of methoxy groups -OCH3 is 1. The van der Waals surface area contributed by atoms with Crippen molar-refractivity contribution in [2.45, 2.75) is 26.9 Å². The second-order valence-electron chi connectivity index (χ2n) is 3.26. The Balaban J connectivity index is 2.52. The molecule has 0 aliphatic heterocycles. The van der Waals surface area contributed by atoms with Crippen LogP contribution in [0.3, 0.4) is 0 Å². The van der Waals surface area contributed by atoms with Gasteiger partial charge < -0.3 is 4.74 Å². The van der Waals surface area contributed by atoms with Crippen molar-refractivity contribution < 1.29 is 4.74 Å². The molecule has 0 N–H and O–H groups in total. The summed E-state index contributed by atoms with van der Waals surface area (Å²) in [5.41, 5.74) is 1.20. The number of hydrogen-bond donors (Lipinski definition) is 0. The molecule has 0 saturated heterocycles. The van der Waals surface area contributed by atoms with E-state index in [0.717, 1.165) is 11.4 Å². The molecule has 0 bridgehead atoms. The fourth-order valence-corrected chi connectivity index (χ4v) is 1.83. The second kappa shape index (κ2) is 4.58. The van der Waals surface area contributed by atoms with E-state index < -0.39 is 0 Å². The normalized spacial score (nSPS) is 11.0. The molecule has 1 rings (SSSR count). The number of thiazole rings is 1. The lowest BCUT2D eigenvalue weighted by atomic mass is 10.1. The largest absolute Gasteiger partial charge is 0.378 e. The summed E-state index contributed by atoms with van der Waals surface area (Å²) in [5.74, 6) is 0.683. The van der Waals surface area contributed by atoms with Crippen LogP contribution in [-0.4, -0.2) is 12.1 Å². The van der Waals surface area contributed by atoms with Gasteiger partial charge in [0, 0.05) is 12.5 Å². The molecule has 1 aromatic rings. The van der Waals surface area contributed by atoms with Gasteiger partial charge in [-0.2, -0.15) is 0 Å².